The zero-order valence-corrected chi connectivity index (χ0v) is 10.3. The van der Waals surface area contributed by atoms with Crippen molar-refractivity contribution in [3.63, 3.8) is 0 Å². The lowest BCUT2D eigenvalue weighted by Gasteiger charge is -2.05. The van der Waals surface area contributed by atoms with Crippen molar-refractivity contribution >= 4 is 22.5 Å². The number of benzene rings is 1. The molecule has 3 aromatic rings. The van der Waals surface area contributed by atoms with E-state index in [4.69, 9.17) is 0 Å². The average Bonchev–Trinajstić information content (AvgIpc) is 2.93. The highest BCUT2D eigenvalue weighted by molar-refractivity contribution is 6.03. The number of amides is 1. The highest BCUT2D eigenvalue weighted by Crippen LogP contribution is 2.18. The third kappa shape index (κ3) is 2.30. The molecule has 0 saturated heterocycles. The van der Waals surface area contributed by atoms with Crippen LogP contribution in [0.4, 0.5) is 5.69 Å². The topological polar surface area (TPSA) is 70.7 Å². The Hall–Kier alpha value is -2.69. The van der Waals surface area contributed by atoms with Gasteiger partial charge in [-0.05, 0) is 37.3 Å². The van der Waals surface area contributed by atoms with Gasteiger partial charge in [-0.15, -0.1) is 0 Å². The summed E-state index contributed by atoms with van der Waals surface area (Å²) in [6.45, 7) is 1.95. The van der Waals surface area contributed by atoms with Crippen molar-refractivity contribution < 1.29 is 4.79 Å². The minimum Gasteiger partial charge on any atom is -0.321 e. The first-order valence-electron chi connectivity index (χ1n) is 5.90. The summed E-state index contributed by atoms with van der Waals surface area (Å²) in [4.78, 5) is 16.3. The zero-order chi connectivity index (χ0) is 13.2. The number of fused-ring (bicyclic) bond motifs is 1. The molecule has 0 aliphatic carbocycles. The number of aromatic amines is 1. The molecule has 0 atom stereocenters. The molecule has 2 N–H and O–H groups in total. The van der Waals surface area contributed by atoms with Gasteiger partial charge in [0.2, 0.25) is 0 Å². The Balaban J connectivity index is 1.89. The molecular formula is C14H12N4O. The van der Waals surface area contributed by atoms with Crippen molar-refractivity contribution in [3.05, 3.63) is 54.0 Å². The molecule has 3 rings (SSSR count). The van der Waals surface area contributed by atoms with Gasteiger partial charge in [-0.2, -0.15) is 5.10 Å². The molecule has 0 spiro atoms. The molecule has 5 heteroatoms. The monoisotopic (exact) mass is 252 g/mol. The van der Waals surface area contributed by atoms with Gasteiger partial charge in [0.05, 0.1) is 5.52 Å². The molecule has 0 aliphatic rings. The Morgan fingerprint density at radius 2 is 2.11 bits per heavy atom. The van der Waals surface area contributed by atoms with E-state index in [0.717, 1.165) is 22.3 Å². The molecule has 0 unspecified atom stereocenters. The summed E-state index contributed by atoms with van der Waals surface area (Å²) in [5.41, 5.74) is 3.06. The summed E-state index contributed by atoms with van der Waals surface area (Å²) in [5.74, 6) is -0.211. The van der Waals surface area contributed by atoms with Crippen molar-refractivity contribution in [1.29, 1.82) is 0 Å². The molecule has 2 aromatic heterocycles. The Labute approximate surface area is 109 Å². The summed E-state index contributed by atoms with van der Waals surface area (Å²) in [6.07, 6.45) is 1.54. The van der Waals surface area contributed by atoms with Crippen LogP contribution in [0.25, 0.3) is 10.9 Å². The van der Waals surface area contributed by atoms with Crippen LogP contribution in [0.15, 0.2) is 42.6 Å². The molecule has 0 aliphatic heterocycles. The fraction of sp³-hybridized carbons (Fsp3) is 0.0714. The van der Waals surface area contributed by atoms with Crippen LogP contribution in [-0.2, 0) is 0 Å². The van der Waals surface area contributed by atoms with Gasteiger partial charge in [0.15, 0.2) is 0 Å². The summed E-state index contributed by atoms with van der Waals surface area (Å²) in [7, 11) is 0. The minimum absolute atomic E-state index is 0.211. The van der Waals surface area contributed by atoms with Crippen LogP contribution in [-0.4, -0.2) is 21.1 Å². The van der Waals surface area contributed by atoms with Crippen LogP contribution in [0.1, 0.15) is 16.2 Å². The van der Waals surface area contributed by atoms with E-state index in [1.807, 2.05) is 37.3 Å². The predicted molar refractivity (Wildman–Crippen MR) is 73.0 cm³/mol. The molecule has 0 saturated carbocycles. The van der Waals surface area contributed by atoms with E-state index < -0.39 is 0 Å². The van der Waals surface area contributed by atoms with Gasteiger partial charge in [-0.25, -0.2) is 0 Å². The summed E-state index contributed by atoms with van der Waals surface area (Å²) < 4.78 is 0. The predicted octanol–water partition coefficient (Wildman–Crippen LogP) is 2.52. The van der Waals surface area contributed by atoms with E-state index in [1.54, 1.807) is 12.3 Å². The molecule has 0 radical (unpaired) electrons. The Kier molecular flexibility index (Phi) is 2.72. The Morgan fingerprint density at radius 3 is 2.89 bits per heavy atom. The lowest BCUT2D eigenvalue weighted by Crippen LogP contribution is -2.12. The molecule has 2 heterocycles. The quantitative estimate of drug-likeness (QED) is 0.736. The molecule has 0 bridgehead atoms. The second kappa shape index (κ2) is 4.53. The number of pyridine rings is 1. The standard InChI is InChI=1S/C14H12N4O/c1-9-2-3-10-8-11(4-5-12(10)16-9)17-14(19)13-6-7-15-18-13/h2-8H,1H3,(H,15,18)(H,17,19). The van der Waals surface area contributed by atoms with Crippen molar-refractivity contribution in [2.24, 2.45) is 0 Å². The van der Waals surface area contributed by atoms with Gasteiger partial charge in [0, 0.05) is 23.0 Å². The van der Waals surface area contributed by atoms with Crippen LogP contribution >= 0.6 is 0 Å². The molecule has 19 heavy (non-hydrogen) atoms. The van der Waals surface area contributed by atoms with Crippen LogP contribution in [0.2, 0.25) is 0 Å². The molecule has 0 fully saturated rings. The number of anilines is 1. The smallest absolute Gasteiger partial charge is 0.273 e. The Bertz CT molecular complexity index is 734. The number of H-pyrrole nitrogens is 1. The first-order valence-corrected chi connectivity index (χ1v) is 5.90. The maximum Gasteiger partial charge on any atom is 0.273 e. The molecular weight excluding hydrogens is 240 g/mol. The van der Waals surface area contributed by atoms with Crippen LogP contribution in [0, 0.1) is 6.92 Å². The van der Waals surface area contributed by atoms with Gasteiger partial charge in [0.1, 0.15) is 5.69 Å². The average molecular weight is 252 g/mol. The molecule has 94 valence electrons. The molecule has 1 aromatic carbocycles. The largest absolute Gasteiger partial charge is 0.321 e. The van der Waals surface area contributed by atoms with Crippen molar-refractivity contribution in [2.75, 3.05) is 5.32 Å². The van der Waals surface area contributed by atoms with Gasteiger partial charge in [-0.3, -0.25) is 14.9 Å². The van der Waals surface area contributed by atoms with Crippen molar-refractivity contribution in [1.82, 2.24) is 15.2 Å². The van der Waals surface area contributed by atoms with Gasteiger partial charge in [-0.1, -0.05) is 6.07 Å². The maximum absolute atomic E-state index is 11.9. The summed E-state index contributed by atoms with van der Waals surface area (Å²) in [5, 5.41) is 10.2. The third-order valence-electron chi connectivity index (χ3n) is 2.83. The van der Waals surface area contributed by atoms with Crippen molar-refractivity contribution in [2.45, 2.75) is 6.92 Å². The number of rotatable bonds is 2. The van der Waals surface area contributed by atoms with E-state index >= 15 is 0 Å². The summed E-state index contributed by atoms with van der Waals surface area (Å²) >= 11 is 0. The highest BCUT2D eigenvalue weighted by atomic mass is 16.1. The van der Waals surface area contributed by atoms with E-state index in [9.17, 15) is 4.79 Å². The lowest BCUT2D eigenvalue weighted by atomic mass is 10.2. The summed E-state index contributed by atoms with van der Waals surface area (Å²) in [6, 6.07) is 11.2. The van der Waals surface area contributed by atoms with Crippen LogP contribution in [0.5, 0.6) is 0 Å². The number of carbonyl (C=O) groups is 1. The number of hydrogen-bond acceptors (Lipinski definition) is 3. The fourth-order valence-electron chi connectivity index (χ4n) is 1.89. The van der Waals surface area contributed by atoms with E-state index in [1.165, 1.54) is 0 Å². The minimum atomic E-state index is -0.211. The number of aryl methyl sites for hydroxylation is 1. The Morgan fingerprint density at radius 1 is 1.21 bits per heavy atom. The van der Waals surface area contributed by atoms with Gasteiger partial charge >= 0.3 is 0 Å². The number of nitrogens with zero attached hydrogens (tertiary/aromatic N) is 2. The lowest BCUT2D eigenvalue weighted by molar-refractivity contribution is 0.102. The number of aromatic nitrogens is 3. The highest BCUT2D eigenvalue weighted by Gasteiger charge is 2.07. The first-order chi connectivity index (χ1) is 9.22. The second-order valence-electron chi connectivity index (χ2n) is 4.28. The normalized spacial score (nSPS) is 10.6. The zero-order valence-electron chi connectivity index (χ0n) is 10.3. The number of hydrogen-bond donors (Lipinski definition) is 2. The van der Waals surface area contributed by atoms with Gasteiger partial charge < -0.3 is 5.32 Å². The van der Waals surface area contributed by atoms with Crippen LogP contribution in [0.3, 0.4) is 0 Å². The van der Waals surface area contributed by atoms with Crippen LogP contribution < -0.4 is 5.32 Å². The SMILES string of the molecule is Cc1ccc2cc(NC(=O)c3ccn[nH]3)ccc2n1. The van der Waals surface area contributed by atoms with E-state index in [0.29, 0.717) is 5.69 Å². The number of nitrogens with one attached hydrogen (secondary N) is 2. The van der Waals surface area contributed by atoms with Crippen molar-refractivity contribution in [3.8, 4) is 0 Å². The maximum atomic E-state index is 11.9. The van der Waals surface area contributed by atoms with Gasteiger partial charge in [0.25, 0.3) is 5.91 Å². The first kappa shape index (κ1) is 11.4. The molecule has 1 amide bonds. The number of carbonyl (C=O) groups excluding carboxylic acids is 1. The fourth-order valence-corrected chi connectivity index (χ4v) is 1.89. The van der Waals surface area contributed by atoms with E-state index in [-0.39, 0.29) is 5.91 Å². The molecule has 5 nitrogen and oxygen atoms in total. The third-order valence-corrected chi connectivity index (χ3v) is 2.83. The van der Waals surface area contributed by atoms with E-state index in [2.05, 4.69) is 20.5 Å². The second-order valence-corrected chi connectivity index (χ2v) is 4.28.